The second kappa shape index (κ2) is 6.92. The molecule has 0 N–H and O–H groups in total. The highest BCUT2D eigenvalue weighted by molar-refractivity contribution is 5.99. The predicted molar refractivity (Wildman–Crippen MR) is 108 cm³/mol. The molecular weight excluding hydrogens is 340 g/mol. The number of nitrogens with zero attached hydrogens (tertiary/aromatic N) is 1. The molecule has 1 atom stereocenters. The normalized spacial score (nSPS) is 16.8. The highest BCUT2D eigenvalue weighted by Crippen LogP contribution is 2.39. The van der Waals surface area contributed by atoms with Crippen LogP contribution in [0.25, 0.3) is 28.1 Å². The van der Waals surface area contributed by atoms with Crippen LogP contribution in [0.3, 0.4) is 0 Å². The molecule has 0 radical (unpaired) electrons. The number of pyridine rings is 1. The van der Waals surface area contributed by atoms with Gasteiger partial charge in [-0.25, -0.2) is 8.78 Å². The summed E-state index contributed by atoms with van der Waals surface area (Å²) in [5, 5.41) is 1.03. The van der Waals surface area contributed by atoms with E-state index in [-0.39, 0.29) is 5.92 Å². The zero-order chi connectivity index (χ0) is 19.0. The summed E-state index contributed by atoms with van der Waals surface area (Å²) in [6, 6.07) is 12.4. The second-order valence-electron chi connectivity index (χ2n) is 6.90. The van der Waals surface area contributed by atoms with Crippen LogP contribution in [-0.2, 0) is 0 Å². The Balaban J connectivity index is 1.94. The standard InChI is InChI=1S/C24H19F2N/c1-3-16-13-21(23(26)14-22(16)25)20-11-15(2)6-8-19(20)17-7-9-24-18(12-17)5-4-10-27-24/h3-10,12-15H,1,11H2,2H3. The van der Waals surface area contributed by atoms with Crippen LogP contribution in [0.4, 0.5) is 8.78 Å². The summed E-state index contributed by atoms with van der Waals surface area (Å²) in [6.45, 7) is 5.73. The van der Waals surface area contributed by atoms with Gasteiger partial charge in [-0.3, -0.25) is 4.98 Å². The molecule has 1 aliphatic rings. The molecule has 3 heteroatoms. The SMILES string of the molecule is C=Cc1cc(C2=C(c3ccc4ncccc4c3)C=CC(C)C2)c(F)cc1F. The van der Waals surface area contributed by atoms with Crippen LogP contribution in [0.15, 0.2) is 67.4 Å². The lowest BCUT2D eigenvalue weighted by Crippen LogP contribution is -2.04. The summed E-state index contributed by atoms with van der Waals surface area (Å²) in [5.41, 5.74) is 4.50. The molecule has 1 nitrogen and oxygen atoms in total. The van der Waals surface area contributed by atoms with Crippen molar-refractivity contribution in [2.45, 2.75) is 13.3 Å². The van der Waals surface area contributed by atoms with E-state index in [1.54, 1.807) is 12.3 Å². The zero-order valence-electron chi connectivity index (χ0n) is 15.0. The second-order valence-corrected chi connectivity index (χ2v) is 6.90. The van der Waals surface area contributed by atoms with Crippen molar-refractivity contribution in [1.82, 2.24) is 4.98 Å². The van der Waals surface area contributed by atoms with Gasteiger partial charge >= 0.3 is 0 Å². The van der Waals surface area contributed by atoms with Gasteiger partial charge in [0.05, 0.1) is 5.52 Å². The third kappa shape index (κ3) is 3.21. The molecule has 0 amide bonds. The van der Waals surface area contributed by atoms with E-state index < -0.39 is 11.6 Å². The Hall–Kier alpha value is -3.07. The van der Waals surface area contributed by atoms with Gasteiger partial charge in [-0.1, -0.05) is 43.9 Å². The maximum Gasteiger partial charge on any atom is 0.133 e. The number of hydrogen-bond acceptors (Lipinski definition) is 1. The maximum atomic E-state index is 14.7. The van der Waals surface area contributed by atoms with Crippen LogP contribution < -0.4 is 0 Å². The Morgan fingerprint density at radius 1 is 1.11 bits per heavy atom. The number of halogens is 2. The molecule has 0 bridgehead atoms. The average molecular weight is 359 g/mol. The molecule has 1 aliphatic carbocycles. The predicted octanol–water partition coefficient (Wildman–Crippen LogP) is 6.66. The van der Waals surface area contributed by atoms with E-state index in [0.717, 1.165) is 33.7 Å². The van der Waals surface area contributed by atoms with Crippen LogP contribution in [0, 0.1) is 17.6 Å². The van der Waals surface area contributed by atoms with Crippen molar-refractivity contribution in [3.63, 3.8) is 0 Å². The number of rotatable bonds is 3. The van der Waals surface area contributed by atoms with E-state index in [9.17, 15) is 8.78 Å². The summed E-state index contributed by atoms with van der Waals surface area (Å²) in [5.74, 6) is -0.859. The van der Waals surface area contributed by atoms with Crippen molar-refractivity contribution in [2.75, 3.05) is 0 Å². The molecule has 0 fully saturated rings. The maximum absolute atomic E-state index is 14.7. The Bertz CT molecular complexity index is 1110. The fourth-order valence-electron chi connectivity index (χ4n) is 3.58. The number of fused-ring (bicyclic) bond motifs is 1. The number of hydrogen-bond donors (Lipinski definition) is 0. The van der Waals surface area contributed by atoms with Gasteiger partial charge in [-0.05, 0) is 53.3 Å². The van der Waals surface area contributed by atoms with Gasteiger partial charge in [0.2, 0.25) is 0 Å². The van der Waals surface area contributed by atoms with Crippen molar-refractivity contribution in [1.29, 1.82) is 0 Å². The minimum absolute atomic E-state index is 0.280. The lowest BCUT2D eigenvalue weighted by atomic mass is 9.83. The summed E-state index contributed by atoms with van der Waals surface area (Å²) in [7, 11) is 0. The molecule has 27 heavy (non-hydrogen) atoms. The van der Waals surface area contributed by atoms with E-state index >= 15 is 0 Å². The topological polar surface area (TPSA) is 12.9 Å². The van der Waals surface area contributed by atoms with E-state index in [4.69, 9.17) is 0 Å². The zero-order valence-corrected chi connectivity index (χ0v) is 15.0. The Labute approximate surface area is 157 Å². The minimum Gasteiger partial charge on any atom is -0.256 e. The number of allylic oxidation sites excluding steroid dienone is 4. The molecule has 1 heterocycles. The molecule has 0 aliphatic heterocycles. The van der Waals surface area contributed by atoms with E-state index in [0.29, 0.717) is 17.5 Å². The van der Waals surface area contributed by atoms with Gasteiger partial charge in [0.1, 0.15) is 11.6 Å². The molecule has 134 valence electrons. The van der Waals surface area contributed by atoms with E-state index in [1.807, 2.05) is 30.3 Å². The largest absolute Gasteiger partial charge is 0.256 e. The minimum atomic E-state index is -0.593. The van der Waals surface area contributed by atoms with Crippen molar-refractivity contribution in [3.05, 3.63) is 95.7 Å². The third-order valence-corrected chi connectivity index (χ3v) is 4.99. The summed E-state index contributed by atoms with van der Waals surface area (Å²) in [6.07, 6.45) is 8.04. The van der Waals surface area contributed by atoms with Crippen LogP contribution in [0.5, 0.6) is 0 Å². The first-order valence-electron chi connectivity index (χ1n) is 8.95. The van der Waals surface area contributed by atoms with E-state index in [1.165, 1.54) is 6.08 Å². The fraction of sp³-hybridized carbons (Fsp3) is 0.125. The van der Waals surface area contributed by atoms with Crippen LogP contribution in [-0.4, -0.2) is 4.98 Å². The van der Waals surface area contributed by atoms with Crippen LogP contribution >= 0.6 is 0 Å². The van der Waals surface area contributed by atoms with Crippen molar-refractivity contribution >= 4 is 28.1 Å². The summed E-state index contributed by atoms with van der Waals surface area (Å²) >= 11 is 0. The third-order valence-electron chi connectivity index (χ3n) is 4.99. The first-order valence-corrected chi connectivity index (χ1v) is 8.95. The smallest absolute Gasteiger partial charge is 0.133 e. The lowest BCUT2D eigenvalue weighted by Gasteiger charge is -2.22. The molecular formula is C24H19F2N. The van der Waals surface area contributed by atoms with Gasteiger partial charge in [-0.15, -0.1) is 0 Å². The summed E-state index contributed by atoms with van der Waals surface area (Å²) in [4.78, 5) is 4.36. The van der Waals surface area contributed by atoms with Gasteiger partial charge in [0.15, 0.2) is 0 Å². The van der Waals surface area contributed by atoms with Crippen molar-refractivity contribution in [2.24, 2.45) is 5.92 Å². The number of aromatic nitrogens is 1. The summed E-state index contributed by atoms with van der Waals surface area (Å²) < 4.78 is 28.6. The molecule has 0 saturated carbocycles. The lowest BCUT2D eigenvalue weighted by molar-refractivity contribution is 0.578. The molecule has 0 spiro atoms. The highest BCUT2D eigenvalue weighted by Gasteiger charge is 2.20. The molecule has 3 aromatic rings. The quantitative estimate of drug-likeness (QED) is 0.509. The van der Waals surface area contributed by atoms with Crippen molar-refractivity contribution < 1.29 is 8.78 Å². The van der Waals surface area contributed by atoms with Crippen LogP contribution in [0.1, 0.15) is 30.0 Å². The highest BCUT2D eigenvalue weighted by atomic mass is 19.1. The van der Waals surface area contributed by atoms with Crippen molar-refractivity contribution in [3.8, 4) is 0 Å². The molecule has 4 rings (SSSR count). The first kappa shape index (κ1) is 17.3. The molecule has 2 aromatic carbocycles. The molecule has 1 unspecified atom stereocenters. The van der Waals surface area contributed by atoms with E-state index in [2.05, 4.69) is 30.6 Å². The van der Waals surface area contributed by atoms with Gasteiger partial charge in [-0.2, -0.15) is 0 Å². The Kier molecular flexibility index (Phi) is 4.44. The number of benzene rings is 2. The van der Waals surface area contributed by atoms with Gasteiger partial charge in [0, 0.05) is 28.8 Å². The molecule has 1 aromatic heterocycles. The monoisotopic (exact) mass is 359 g/mol. The average Bonchev–Trinajstić information content (AvgIpc) is 2.68. The van der Waals surface area contributed by atoms with Gasteiger partial charge < -0.3 is 0 Å². The van der Waals surface area contributed by atoms with Gasteiger partial charge in [0.25, 0.3) is 0 Å². The Morgan fingerprint density at radius 2 is 1.96 bits per heavy atom. The fourth-order valence-corrected chi connectivity index (χ4v) is 3.58. The van der Waals surface area contributed by atoms with Crippen LogP contribution in [0.2, 0.25) is 0 Å². The molecule has 0 saturated heterocycles. The Morgan fingerprint density at radius 3 is 2.78 bits per heavy atom. The first-order chi connectivity index (χ1) is 13.1.